The van der Waals surface area contributed by atoms with E-state index in [0.29, 0.717) is 0 Å². The predicted molar refractivity (Wildman–Crippen MR) is 81.6 cm³/mol. The highest BCUT2D eigenvalue weighted by molar-refractivity contribution is 7.91. The molecule has 2 N–H and O–H groups in total. The molecular weight excluding hydrogens is 332 g/mol. The Balaban J connectivity index is 2.24. The van der Waals surface area contributed by atoms with Crippen LogP contribution in [0.3, 0.4) is 0 Å². The lowest BCUT2D eigenvalue weighted by Crippen LogP contribution is -2.26. The summed E-state index contributed by atoms with van der Waals surface area (Å²) in [6.07, 6.45) is 0. The lowest BCUT2D eigenvalue weighted by Gasteiger charge is -2.12. The third kappa shape index (κ3) is 3.49. The van der Waals surface area contributed by atoms with Gasteiger partial charge in [0.15, 0.2) is 0 Å². The van der Waals surface area contributed by atoms with Crippen molar-refractivity contribution >= 4 is 38.7 Å². The molecule has 0 saturated heterocycles. The second-order valence-corrected chi connectivity index (χ2v) is 8.57. The number of aromatic carboxylic acids is 1. The predicted octanol–water partition coefficient (Wildman–Crippen LogP) is 2.56. The van der Waals surface area contributed by atoms with Crippen molar-refractivity contribution in [2.24, 2.45) is 0 Å². The maximum Gasteiger partial charge on any atom is 0.336 e. The summed E-state index contributed by atoms with van der Waals surface area (Å²) in [5, 5.41) is 11.0. The van der Waals surface area contributed by atoms with E-state index in [-0.39, 0.29) is 9.77 Å². The molecule has 0 amide bonds. The molecule has 0 saturated carbocycles. The minimum absolute atomic E-state index is 0.00867. The van der Waals surface area contributed by atoms with Gasteiger partial charge in [0, 0.05) is 10.3 Å². The second-order valence-electron chi connectivity index (χ2n) is 4.49. The van der Waals surface area contributed by atoms with E-state index < -0.39 is 22.0 Å². The number of sulfonamides is 1. The number of aromatic nitrogens is 1. The highest BCUT2D eigenvalue weighted by atomic mass is 32.2. The van der Waals surface area contributed by atoms with Crippen LogP contribution in [0.25, 0.3) is 0 Å². The average Bonchev–Trinajstić information content (AvgIpc) is 2.95. The van der Waals surface area contributed by atoms with Crippen LogP contribution in [0.15, 0.2) is 15.7 Å². The van der Waals surface area contributed by atoms with Crippen molar-refractivity contribution in [1.82, 2.24) is 9.71 Å². The number of nitrogens with one attached hydrogen (secondary N) is 1. The fraction of sp³-hybridized carbons (Fsp3) is 0.333. The van der Waals surface area contributed by atoms with Gasteiger partial charge in [-0.15, -0.1) is 22.7 Å². The molecule has 2 heterocycles. The van der Waals surface area contributed by atoms with E-state index in [2.05, 4.69) is 9.71 Å². The third-order valence-electron chi connectivity index (χ3n) is 2.75. The summed E-state index contributed by atoms with van der Waals surface area (Å²) in [6, 6.07) is 0.740. The summed E-state index contributed by atoms with van der Waals surface area (Å²) in [5.41, 5.74) is 0.767. The molecule has 0 spiro atoms. The van der Waals surface area contributed by atoms with Gasteiger partial charge in [0.1, 0.15) is 4.21 Å². The van der Waals surface area contributed by atoms with Gasteiger partial charge in [-0.25, -0.2) is 22.9 Å². The first kappa shape index (κ1) is 16.1. The van der Waals surface area contributed by atoms with Gasteiger partial charge in [0.25, 0.3) is 10.0 Å². The molecule has 0 aliphatic heterocycles. The van der Waals surface area contributed by atoms with Crippen molar-refractivity contribution in [1.29, 1.82) is 0 Å². The first-order chi connectivity index (χ1) is 9.70. The van der Waals surface area contributed by atoms with Crippen LogP contribution in [0.1, 0.15) is 38.9 Å². The Kier molecular flexibility index (Phi) is 4.47. The van der Waals surface area contributed by atoms with Crippen molar-refractivity contribution in [2.75, 3.05) is 0 Å². The van der Waals surface area contributed by atoms with Crippen molar-refractivity contribution in [3.05, 3.63) is 32.6 Å². The zero-order valence-electron chi connectivity index (χ0n) is 11.6. The number of hydrogen-bond donors (Lipinski definition) is 2. The van der Waals surface area contributed by atoms with Gasteiger partial charge in [-0.05, 0) is 26.8 Å². The molecule has 0 aromatic carbocycles. The number of hydrogen-bond acceptors (Lipinski definition) is 6. The van der Waals surface area contributed by atoms with Crippen LogP contribution in [0.5, 0.6) is 0 Å². The molecule has 2 aromatic heterocycles. The topological polar surface area (TPSA) is 96.4 Å². The Morgan fingerprint density at radius 3 is 2.57 bits per heavy atom. The Morgan fingerprint density at radius 1 is 1.43 bits per heavy atom. The molecule has 0 aliphatic rings. The van der Waals surface area contributed by atoms with E-state index in [4.69, 9.17) is 5.11 Å². The van der Waals surface area contributed by atoms with Crippen LogP contribution < -0.4 is 4.72 Å². The zero-order chi connectivity index (χ0) is 15.8. The maximum absolute atomic E-state index is 12.3. The van der Waals surface area contributed by atoms with E-state index in [1.807, 2.05) is 13.8 Å². The molecule has 21 heavy (non-hydrogen) atoms. The van der Waals surface area contributed by atoms with Crippen LogP contribution in [-0.2, 0) is 10.0 Å². The zero-order valence-corrected chi connectivity index (χ0v) is 14.0. The summed E-state index contributed by atoms with van der Waals surface area (Å²) in [7, 11) is -3.74. The van der Waals surface area contributed by atoms with E-state index in [1.54, 1.807) is 6.92 Å². The van der Waals surface area contributed by atoms with Crippen LogP contribution in [0, 0.1) is 13.8 Å². The fourth-order valence-corrected chi connectivity index (χ4v) is 5.25. The van der Waals surface area contributed by atoms with Crippen molar-refractivity contribution < 1.29 is 18.3 Å². The van der Waals surface area contributed by atoms with Crippen molar-refractivity contribution in [3.8, 4) is 0 Å². The monoisotopic (exact) mass is 346 g/mol. The molecule has 2 rings (SSSR count). The molecule has 0 fully saturated rings. The van der Waals surface area contributed by atoms with Gasteiger partial charge < -0.3 is 5.11 Å². The van der Waals surface area contributed by atoms with E-state index in [1.165, 1.54) is 16.7 Å². The van der Waals surface area contributed by atoms with Gasteiger partial charge in [-0.3, -0.25) is 0 Å². The number of aryl methyl sites for hydroxylation is 2. The number of rotatable bonds is 5. The lowest BCUT2D eigenvalue weighted by atomic mass is 10.2. The number of carboxylic acids is 1. The van der Waals surface area contributed by atoms with E-state index in [0.717, 1.165) is 33.0 Å². The van der Waals surface area contributed by atoms with Crippen molar-refractivity contribution in [3.63, 3.8) is 0 Å². The normalized spacial score (nSPS) is 13.3. The number of carboxylic acid groups (broad SMARTS) is 1. The Labute approximate surface area is 130 Å². The number of thiazole rings is 1. The summed E-state index contributed by atoms with van der Waals surface area (Å²) in [6.45, 7) is 5.43. The molecule has 9 heteroatoms. The summed E-state index contributed by atoms with van der Waals surface area (Å²) in [4.78, 5) is 15.9. The summed E-state index contributed by atoms with van der Waals surface area (Å²) in [5.74, 6) is -1.14. The summed E-state index contributed by atoms with van der Waals surface area (Å²) < 4.78 is 27.1. The molecule has 0 bridgehead atoms. The average molecular weight is 346 g/mol. The smallest absolute Gasteiger partial charge is 0.336 e. The molecule has 0 radical (unpaired) electrons. The molecule has 114 valence electrons. The highest BCUT2D eigenvalue weighted by Crippen LogP contribution is 2.27. The number of thiophene rings is 1. The Hall–Kier alpha value is -1.29. The number of nitrogens with zero attached hydrogens (tertiary/aromatic N) is 1. The first-order valence-corrected chi connectivity index (χ1v) is 9.16. The lowest BCUT2D eigenvalue weighted by molar-refractivity contribution is 0.0697. The molecular formula is C12H14N2O4S3. The van der Waals surface area contributed by atoms with Gasteiger partial charge in [0.2, 0.25) is 0 Å². The van der Waals surface area contributed by atoms with E-state index in [9.17, 15) is 13.2 Å². The molecule has 1 unspecified atom stereocenters. The Morgan fingerprint density at radius 2 is 2.10 bits per heavy atom. The standard InChI is InChI=1S/C12H14N2O4S3/c1-6-11(20-8(3)13-6)7(2)14-21(17,18)10-4-9(5-19-10)12(15)16/h4-5,7,14H,1-3H3,(H,15,16). The van der Waals surface area contributed by atoms with Crippen LogP contribution in [0.2, 0.25) is 0 Å². The number of carbonyl (C=O) groups is 1. The highest BCUT2D eigenvalue weighted by Gasteiger charge is 2.23. The van der Waals surface area contributed by atoms with Crippen molar-refractivity contribution in [2.45, 2.75) is 31.0 Å². The maximum atomic E-state index is 12.3. The quantitative estimate of drug-likeness (QED) is 0.867. The molecule has 2 aromatic rings. The minimum Gasteiger partial charge on any atom is -0.478 e. The Bertz CT molecular complexity index is 776. The van der Waals surface area contributed by atoms with Crippen LogP contribution in [0.4, 0.5) is 0 Å². The van der Waals surface area contributed by atoms with E-state index >= 15 is 0 Å². The molecule has 1 atom stereocenters. The molecule has 6 nitrogen and oxygen atoms in total. The van der Waals surface area contributed by atoms with Crippen LogP contribution >= 0.6 is 22.7 Å². The fourth-order valence-electron chi connectivity index (χ4n) is 1.86. The molecule has 0 aliphatic carbocycles. The minimum atomic E-state index is -3.74. The third-order valence-corrected chi connectivity index (χ3v) is 6.99. The largest absolute Gasteiger partial charge is 0.478 e. The second kappa shape index (κ2) is 5.84. The first-order valence-electron chi connectivity index (χ1n) is 5.99. The summed E-state index contributed by atoms with van der Waals surface area (Å²) >= 11 is 2.33. The van der Waals surface area contributed by atoms with Gasteiger partial charge in [0.05, 0.1) is 22.3 Å². The van der Waals surface area contributed by atoms with Crippen LogP contribution in [-0.4, -0.2) is 24.5 Å². The van der Waals surface area contributed by atoms with Gasteiger partial charge >= 0.3 is 5.97 Å². The van der Waals surface area contributed by atoms with Gasteiger partial charge in [-0.1, -0.05) is 0 Å². The van der Waals surface area contributed by atoms with Gasteiger partial charge in [-0.2, -0.15) is 0 Å². The SMILES string of the molecule is Cc1nc(C)c(C(C)NS(=O)(=O)c2cc(C(=O)O)cs2)s1.